The van der Waals surface area contributed by atoms with Crippen molar-refractivity contribution in [2.75, 3.05) is 20.3 Å². The quantitative estimate of drug-likeness (QED) is 0.821. The summed E-state index contributed by atoms with van der Waals surface area (Å²) in [5.74, 6) is 1.97. The minimum atomic E-state index is -0.678. The molecule has 2 aromatic rings. The minimum absolute atomic E-state index is 0.187. The van der Waals surface area contributed by atoms with E-state index in [4.69, 9.17) is 15.2 Å². The Morgan fingerprint density at radius 1 is 1.12 bits per heavy atom. The molecular formula is C20H25NO3. The van der Waals surface area contributed by atoms with E-state index < -0.39 is 6.10 Å². The van der Waals surface area contributed by atoms with E-state index in [1.807, 2.05) is 18.2 Å². The summed E-state index contributed by atoms with van der Waals surface area (Å²) in [6, 6.07) is 14.1. The average molecular weight is 327 g/mol. The Balaban J connectivity index is 1.58. The van der Waals surface area contributed by atoms with E-state index in [1.54, 1.807) is 7.11 Å². The maximum absolute atomic E-state index is 9.89. The van der Waals surface area contributed by atoms with Crippen molar-refractivity contribution in [1.82, 2.24) is 0 Å². The lowest BCUT2D eigenvalue weighted by Crippen LogP contribution is -2.12. The largest absolute Gasteiger partial charge is 0.493 e. The third-order valence-electron chi connectivity index (χ3n) is 4.71. The Hall–Kier alpha value is -2.04. The minimum Gasteiger partial charge on any atom is -0.493 e. The average Bonchev–Trinajstić information content (AvgIpc) is 3.03. The number of aliphatic hydroxyl groups excluding tert-OH is 1. The molecule has 0 aromatic heterocycles. The fourth-order valence-electron chi connectivity index (χ4n) is 3.34. The number of aliphatic hydroxyl groups is 1. The highest BCUT2D eigenvalue weighted by Gasteiger charge is 2.21. The zero-order valence-corrected chi connectivity index (χ0v) is 14.1. The third kappa shape index (κ3) is 3.71. The van der Waals surface area contributed by atoms with Crippen LogP contribution in [0.15, 0.2) is 42.5 Å². The predicted molar refractivity (Wildman–Crippen MR) is 94.5 cm³/mol. The number of rotatable bonds is 7. The van der Waals surface area contributed by atoms with Crippen molar-refractivity contribution >= 4 is 0 Å². The van der Waals surface area contributed by atoms with Crippen LogP contribution in [0.2, 0.25) is 0 Å². The zero-order valence-electron chi connectivity index (χ0n) is 14.1. The number of hydrogen-bond donors (Lipinski definition) is 2. The van der Waals surface area contributed by atoms with Gasteiger partial charge in [0.15, 0.2) is 11.5 Å². The first-order valence-corrected chi connectivity index (χ1v) is 8.47. The van der Waals surface area contributed by atoms with Gasteiger partial charge in [0.05, 0.1) is 19.8 Å². The van der Waals surface area contributed by atoms with Gasteiger partial charge in [0, 0.05) is 6.54 Å². The third-order valence-corrected chi connectivity index (χ3v) is 4.71. The molecule has 3 rings (SSSR count). The Morgan fingerprint density at radius 3 is 2.46 bits per heavy atom. The molecule has 1 aliphatic rings. The van der Waals surface area contributed by atoms with Gasteiger partial charge in [0.1, 0.15) is 0 Å². The summed E-state index contributed by atoms with van der Waals surface area (Å²) in [7, 11) is 1.62. The standard InChI is InChI=1S/C20H25NO3/c1-23-19-7-6-17(18(22)13-21)12-20(19)24-9-8-14-10-15-4-2-3-5-16(15)11-14/h2-7,12,14,18,22H,8-11,13,21H2,1H3. The molecule has 128 valence electrons. The SMILES string of the molecule is COc1ccc(C(O)CN)cc1OCCC1Cc2ccccc2C1. The van der Waals surface area contributed by atoms with Gasteiger partial charge in [-0.3, -0.25) is 0 Å². The Bertz CT molecular complexity index is 661. The monoisotopic (exact) mass is 327 g/mol. The molecule has 0 heterocycles. The molecule has 3 N–H and O–H groups in total. The lowest BCUT2D eigenvalue weighted by atomic mass is 10.0. The van der Waals surface area contributed by atoms with E-state index in [0.717, 1.165) is 24.8 Å². The molecule has 24 heavy (non-hydrogen) atoms. The Kier molecular flexibility index (Phi) is 5.38. The summed E-state index contributed by atoms with van der Waals surface area (Å²) in [5.41, 5.74) is 9.21. The summed E-state index contributed by atoms with van der Waals surface area (Å²) >= 11 is 0. The number of nitrogens with two attached hydrogens (primary N) is 1. The first-order chi connectivity index (χ1) is 11.7. The van der Waals surface area contributed by atoms with Gasteiger partial charge in [-0.1, -0.05) is 30.3 Å². The summed E-state index contributed by atoms with van der Waals surface area (Å²) < 4.78 is 11.3. The lowest BCUT2D eigenvalue weighted by Gasteiger charge is -2.16. The van der Waals surface area contributed by atoms with Crippen molar-refractivity contribution in [3.63, 3.8) is 0 Å². The van der Waals surface area contributed by atoms with Gasteiger partial charge in [-0.25, -0.2) is 0 Å². The molecule has 0 fully saturated rings. The Labute approximate surface area is 143 Å². The molecule has 0 bridgehead atoms. The highest BCUT2D eigenvalue weighted by atomic mass is 16.5. The molecule has 0 aliphatic heterocycles. The van der Waals surface area contributed by atoms with E-state index in [9.17, 15) is 5.11 Å². The number of ether oxygens (including phenoxy) is 2. The van der Waals surface area contributed by atoms with Crippen LogP contribution in [0.25, 0.3) is 0 Å². The van der Waals surface area contributed by atoms with Gasteiger partial charge in [-0.05, 0) is 54.0 Å². The smallest absolute Gasteiger partial charge is 0.161 e. The normalized spacial score (nSPS) is 15.1. The molecule has 1 unspecified atom stereocenters. The van der Waals surface area contributed by atoms with E-state index in [-0.39, 0.29) is 6.54 Å². The van der Waals surface area contributed by atoms with Crippen LogP contribution in [0.3, 0.4) is 0 Å². The topological polar surface area (TPSA) is 64.7 Å². The van der Waals surface area contributed by atoms with Crippen LogP contribution >= 0.6 is 0 Å². The van der Waals surface area contributed by atoms with Gasteiger partial charge < -0.3 is 20.3 Å². The number of benzene rings is 2. The molecule has 0 spiro atoms. The predicted octanol–water partition coefficient (Wildman–Crippen LogP) is 2.87. The molecule has 4 nitrogen and oxygen atoms in total. The van der Waals surface area contributed by atoms with E-state index in [2.05, 4.69) is 24.3 Å². The van der Waals surface area contributed by atoms with Crippen molar-refractivity contribution in [2.45, 2.75) is 25.4 Å². The summed E-state index contributed by atoms with van der Waals surface area (Å²) in [4.78, 5) is 0. The summed E-state index contributed by atoms with van der Waals surface area (Å²) in [5, 5.41) is 9.89. The van der Waals surface area contributed by atoms with Crippen LogP contribution in [0.5, 0.6) is 11.5 Å². The Morgan fingerprint density at radius 2 is 1.83 bits per heavy atom. The first kappa shape index (κ1) is 16.8. The summed E-state index contributed by atoms with van der Waals surface area (Å²) in [6.45, 7) is 0.823. The summed E-state index contributed by atoms with van der Waals surface area (Å²) in [6.07, 6.45) is 2.58. The van der Waals surface area contributed by atoms with Crippen LogP contribution in [0.1, 0.15) is 29.2 Å². The number of methoxy groups -OCH3 is 1. The van der Waals surface area contributed by atoms with Crippen molar-refractivity contribution < 1.29 is 14.6 Å². The van der Waals surface area contributed by atoms with Gasteiger partial charge in [-0.15, -0.1) is 0 Å². The second-order valence-electron chi connectivity index (χ2n) is 6.34. The molecular weight excluding hydrogens is 302 g/mol. The van der Waals surface area contributed by atoms with Gasteiger partial charge in [0.2, 0.25) is 0 Å². The van der Waals surface area contributed by atoms with E-state index in [1.165, 1.54) is 11.1 Å². The maximum Gasteiger partial charge on any atom is 0.161 e. The molecule has 4 heteroatoms. The van der Waals surface area contributed by atoms with Gasteiger partial charge in [-0.2, -0.15) is 0 Å². The molecule has 0 radical (unpaired) electrons. The van der Waals surface area contributed by atoms with E-state index in [0.29, 0.717) is 24.0 Å². The lowest BCUT2D eigenvalue weighted by molar-refractivity contribution is 0.185. The van der Waals surface area contributed by atoms with Crippen LogP contribution in [-0.4, -0.2) is 25.4 Å². The fourth-order valence-corrected chi connectivity index (χ4v) is 3.34. The van der Waals surface area contributed by atoms with Crippen LogP contribution < -0.4 is 15.2 Å². The van der Waals surface area contributed by atoms with Crippen LogP contribution in [-0.2, 0) is 12.8 Å². The van der Waals surface area contributed by atoms with Crippen LogP contribution in [0, 0.1) is 5.92 Å². The molecule has 0 saturated heterocycles. The van der Waals surface area contributed by atoms with Crippen LogP contribution in [0.4, 0.5) is 0 Å². The zero-order chi connectivity index (χ0) is 16.9. The van der Waals surface area contributed by atoms with Gasteiger partial charge in [0.25, 0.3) is 0 Å². The molecule has 1 aliphatic carbocycles. The van der Waals surface area contributed by atoms with Crippen molar-refractivity contribution in [1.29, 1.82) is 0 Å². The second kappa shape index (κ2) is 7.69. The van der Waals surface area contributed by atoms with E-state index >= 15 is 0 Å². The molecule has 2 aromatic carbocycles. The highest BCUT2D eigenvalue weighted by molar-refractivity contribution is 5.43. The van der Waals surface area contributed by atoms with Gasteiger partial charge >= 0.3 is 0 Å². The van der Waals surface area contributed by atoms with Crippen molar-refractivity contribution in [2.24, 2.45) is 11.7 Å². The molecule has 1 atom stereocenters. The maximum atomic E-state index is 9.89. The first-order valence-electron chi connectivity index (χ1n) is 8.47. The van der Waals surface area contributed by atoms with Crippen molar-refractivity contribution in [3.05, 3.63) is 59.2 Å². The second-order valence-corrected chi connectivity index (χ2v) is 6.34. The molecule has 0 saturated carbocycles. The number of hydrogen-bond acceptors (Lipinski definition) is 4. The number of fused-ring (bicyclic) bond motifs is 1. The molecule has 0 amide bonds. The fraction of sp³-hybridized carbons (Fsp3) is 0.400. The van der Waals surface area contributed by atoms with Crippen molar-refractivity contribution in [3.8, 4) is 11.5 Å². The highest BCUT2D eigenvalue weighted by Crippen LogP contribution is 2.32.